The van der Waals surface area contributed by atoms with Crippen molar-refractivity contribution in [2.24, 2.45) is 11.3 Å². The van der Waals surface area contributed by atoms with Crippen LogP contribution in [0.4, 0.5) is 4.79 Å². The third-order valence-electron chi connectivity index (χ3n) is 7.31. The van der Waals surface area contributed by atoms with Crippen molar-refractivity contribution in [3.63, 3.8) is 0 Å². The Morgan fingerprint density at radius 3 is 2.38 bits per heavy atom. The lowest BCUT2D eigenvalue weighted by Crippen LogP contribution is -2.54. The molecule has 0 aromatic carbocycles. The first-order valence-corrected chi connectivity index (χ1v) is 10.7. The predicted octanol–water partition coefficient (Wildman–Crippen LogP) is 2.29. The van der Waals surface area contributed by atoms with Gasteiger partial charge in [-0.05, 0) is 56.3 Å². The van der Waals surface area contributed by atoms with Crippen molar-refractivity contribution in [2.75, 3.05) is 13.6 Å². The number of nitrogens with zero attached hydrogens (tertiary/aromatic N) is 2. The number of carbonyl (C=O) groups is 3. The van der Waals surface area contributed by atoms with E-state index >= 15 is 0 Å². The van der Waals surface area contributed by atoms with E-state index in [0.29, 0.717) is 30.8 Å². The molecule has 4 unspecified atom stereocenters. The van der Waals surface area contributed by atoms with Gasteiger partial charge in [-0.1, -0.05) is 20.8 Å². The Kier molecular flexibility index (Phi) is 5.96. The van der Waals surface area contributed by atoms with E-state index < -0.39 is 11.6 Å². The number of halogens is 1. The molecule has 1 aliphatic carbocycles. The maximum atomic E-state index is 13.2. The number of amides is 4. The van der Waals surface area contributed by atoms with Crippen molar-refractivity contribution in [3.8, 4) is 0 Å². The average Bonchev–Trinajstić information content (AvgIpc) is 3.03. The maximum Gasteiger partial charge on any atom is 0.325 e. The van der Waals surface area contributed by atoms with Gasteiger partial charge in [0, 0.05) is 25.2 Å². The van der Waals surface area contributed by atoms with Gasteiger partial charge in [0.15, 0.2) is 0 Å². The molecule has 7 nitrogen and oxygen atoms in total. The Morgan fingerprint density at radius 2 is 1.79 bits per heavy atom. The van der Waals surface area contributed by atoms with E-state index in [9.17, 15) is 14.4 Å². The van der Waals surface area contributed by atoms with E-state index in [-0.39, 0.29) is 42.2 Å². The quantitative estimate of drug-likeness (QED) is 0.678. The highest BCUT2D eigenvalue weighted by molar-refractivity contribution is 6.09. The second kappa shape index (κ2) is 7.73. The van der Waals surface area contributed by atoms with Crippen molar-refractivity contribution in [2.45, 2.75) is 89.4 Å². The van der Waals surface area contributed by atoms with E-state index in [1.807, 2.05) is 7.05 Å². The summed E-state index contributed by atoms with van der Waals surface area (Å²) < 4.78 is 0. The lowest BCUT2D eigenvalue weighted by Gasteiger charge is -2.43. The molecular formula is C21H35ClN4O3. The van der Waals surface area contributed by atoms with Crippen molar-refractivity contribution in [1.29, 1.82) is 0 Å². The summed E-state index contributed by atoms with van der Waals surface area (Å²) in [6.07, 6.45) is 6.58. The van der Waals surface area contributed by atoms with Gasteiger partial charge in [-0.3, -0.25) is 14.5 Å². The van der Waals surface area contributed by atoms with E-state index in [1.165, 1.54) is 12.8 Å². The van der Waals surface area contributed by atoms with Gasteiger partial charge in [0.25, 0.3) is 5.91 Å². The molecule has 2 N–H and O–H groups in total. The van der Waals surface area contributed by atoms with Crippen molar-refractivity contribution in [1.82, 2.24) is 20.4 Å². The number of hydrogen-bond donors (Lipinski definition) is 2. The fourth-order valence-electron chi connectivity index (χ4n) is 6.44. The van der Waals surface area contributed by atoms with Gasteiger partial charge < -0.3 is 15.5 Å². The molecule has 4 amide bonds. The molecule has 1 spiro atoms. The highest BCUT2D eigenvalue weighted by Crippen LogP contribution is 2.46. The molecule has 4 aliphatic rings. The molecule has 3 saturated heterocycles. The van der Waals surface area contributed by atoms with Crippen LogP contribution in [0.25, 0.3) is 0 Å². The average molecular weight is 427 g/mol. The van der Waals surface area contributed by atoms with Crippen LogP contribution in [-0.4, -0.2) is 64.9 Å². The fraction of sp³-hybridized carbons (Fsp3) is 0.857. The molecule has 0 radical (unpaired) electrons. The van der Waals surface area contributed by atoms with Crippen LogP contribution in [0.5, 0.6) is 0 Å². The first-order valence-electron chi connectivity index (χ1n) is 10.7. The van der Waals surface area contributed by atoms with E-state index in [0.717, 1.165) is 24.2 Å². The Labute approximate surface area is 179 Å². The molecule has 4 fully saturated rings. The third-order valence-corrected chi connectivity index (χ3v) is 7.31. The fourth-order valence-corrected chi connectivity index (χ4v) is 6.44. The number of piperidine rings is 1. The van der Waals surface area contributed by atoms with Crippen molar-refractivity contribution in [3.05, 3.63) is 0 Å². The lowest BCUT2D eigenvalue weighted by molar-refractivity contribution is -0.141. The summed E-state index contributed by atoms with van der Waals surface area (Å²) in [4.78, 5) is 41.7. The summed E-state index contributed by atoms with van der Waals surface area (Å²) in [5, 5.41) is 6.55. The Morgan fingerprint density at radius 1 is 1.17 bits per heavy atom. The minimum atomic E-state index is -0.842. The van der Waals surface area contributed by atoms with Crippen LogP contribution in [0.15, 0.2) is 0 Å². The molecule has 8 heteroatoms. The Balaban J connectivity index is 0.00000240. The maximum absolute atomic E-state index is 13.2. The molecule has 0 aromatic heterocycles. The van der Waals surface area contributed by atoms with E-state index in [1.54, 1.807) is 4.90 Å². The van der Waals surface area contributed by atoms with Crippen molar-refractivity contribution >= 4 is 30.3 Å². The van der Waals surface area contributed by atoms with Gasteiger partial charge in [-0.25, -0.2) is 4.79 Å². The second-order valence-corrected chi connectivity index (χ2v) is 10.5. The number of hydrogen-bond acceptors (Lipinski definition) is 4. The van der Waals surface area contributed by atoms with Crippen molar-refractivity contribution < 1.29 is 14.4 Å². The molecule has 3 heterocycles. The molecule has 2 bridgehead atoms. The summed E-state index contributed by atoms with van der Waals surface area (Å²) in [6, 6.07) is 0.756. The Hall–Kier alpha value is -1.34. The van der Waals surface area contributed by atoms with Gasteiger partial charge in [-0.15, -0.1) is 12.4 Å². The standard InChI is InChI=1S/C21H34N4O3.ClH/c1-13-9-20(2,3)12-21(10-13)18(27)25(19(28)23-21)11-17(26)24(4)16-7-14-5-6-15(8-16)22-14;/h13-16,22H,5-12H2,1-4H3,(H,23,28);1H. The topological polar surface area (TPSA) is 81.8 Å². The van der Waals surface area contributed by atoms with E-state index in [4.69, 9.17) is 0 Å². The zero-order valence-corrected chi connectivity index (χ0v) is 18.8. The van der Waals surface area contributed by atoms with Crippen LogP contribution in [0.2, 0.25) is 0 Å². The number of likely N-dealkylation sites (N-methyl/N-ethyl adjacent to an activating group) is 1. The number of fused-ring (bicyclic) bond motifs is 2. The van der Waals surface area contributed by atoms with Crippen LogP contribution in [0, 0.1) is 11.3 Å². The number of urea groups is 1. The van der Waals surface area contributed by atoms with Gasteiger partial charge in [-0.2, -0.15) is 0 Å². The number of carbonyl (C=O) groups excluding carboxylic acids is 3. The normalized spacial score (nSPS) is 38.0. The first-order chi connectivity index (χ1) is 13.1. The third kappa shape index (κ3) is 4.13. The molecule has 0 aromatic rings. The van der Waals surface area contributed by atoms with Crippen LogP contribution in [0.1, 0.15) is 65.7 Å². The molecule has 1 saturated carbocycles. The predicted molar refractivity (Wildman–Crippen MR) is 113 cm³/mol. The molecule has 164 valence electrons. The van der Waals surface area contributed by atoms with Gasteiger partial charge in [0.2, 0.25) is 5.91 Å². The minimum Gasteiger partial charge on any atom is -0.341 e. The van der Waals surface area contributed by atoms with Gasteiger partial charge >= 0.3 is 6.03 Å². The SMILES string of the molecule is CC1CC(C)(C)CC2(C1)NC(=O)N(CC(=O)N(C)C1CC3CCC(C1)N3)C2=O.Cl. The smallest absolute Gasteiger partial charge is 0.325 e. The lowest BCUT2D eigenvalue weighted by atomic mass is 9.64. The van der Waals surface area contributed by atoms with Crippen LogP contribution in [-0.2, 0) is 9.59 Å². The zero-order chi connectivity index (χ0) is 20.3. The second-order valence-electron chi connectivity index (χ2n) is 10.5. The Bertz CT molecular complexity index is 687. The number of imide groups is 1. The van der Waals surface area contributed by atoms with Crippen LogP contribution >= 0.6 is 12.4 Å². The highest BCUT2D eigenvalue weighted by Gasteiger charge is 2.56. The van der Waals surface area contributed by atoms with E-state index in [2.05, 4.69) is 31.4 Å². The van der Waals surface area contributed by atoms with Crippen LogP contribution < -0.4 is 10.6 Å². The molecule has 3 aliphatic heterocycles. The number of rotatable bonds is 3. The summed E-state index contributed by atoms with van der Waals surface area (Å²) in [5.74, 6) is -0.00392. The molecule has 4 rings (SSSR count). The van der Waals surface area contributed by atoms with Gasteiger partial charge in [0.1, 0.15) is 12.1 Å². The summed E-state index contributed by atoms with van der Waals surface area (Å²) in [6.45, 7) is 6.28. The summed E-state index contributed by atoms with van der Waals surface area (Å²) >= 11 is 0. The largest absolute Gasteiger partial charge is 0.341 e. The zero-order valence-electron chi connectivity index (χ0n) is 18.0. The molecule has 29 heavy (non-hydrogen) atoms. The molecular weight excluding hydrogens is 392 g/mol. The number of nitrogens with one attached hydrogen (secondary N) is 2. The monoisotopic (exact) mass is 426 g/mol. The summed E-state index contributed by atoms with van der Waals surface area (Å²) in [5.41, 5.74) is -0.850. The van der Waals surface area contributed by atoms with Crippen LogP contribution in [0.3, 0.4) is 0 Å². The molecule has 4 atom stereocenters. The first kappa shape index (κ1) is 22.3. The minimum absolute atomic E-state index is 0. The summed E-state index contributed by atoms with van der Waals surface area (Å²) in [7, 11) is 1.82. The highest BCUT2D eigenvalue weighted by atomic mass is 35.5. The van der Waals surface area contributed by atoms with Gasteiger partial charge in [0.05, 0.1) is 0 Å².